The predicted octanol–water partition coefficient (Wildman–Crippen LogP) is 0.751. The molecule has 1 heterocycles. The molecule has 1 aromatic rings. The number of nitrogens with zero attached hydrogens (tertiary/aromatic N) is 2. The second-order valence-corrected chi connectivity index (χ2v) is 4.44. The number of hydrogen-bond acceptors (Lipinski definition) is 3. The van der Waals surface area contributed by atoms with Gasteiger partial charge in [0.1, 0.15) is 5.82 Å². The lowest BCUT2D eigenvalue weighted by molar-refractivity contribution is 0.409. The average Bonchev–Trinajstić information content (AvgIpc) is 2.97. The van der Waals surface area contributed by atoms with Crippen LogP contribution in [0.2, 0.25) is 0 Å². The van der Waals surface area contributed by atoms with Gasteiger partial charge in [0.05, 0.1) is 5.69 Å². The van der Waals surface area contributed by atoms with E-state index in [1.165, 1.54) is 12.8 Å². The zero-order chi connectivity index (χ0) is 10.8. The summed E-state index contributed by atoms with van der Waals surface area (Å²) in [6.45, 7) is 0.914. The van der Waals surface area contributed by atoms with E-state index in [-0.39, 0.29) is 5.56 Å². The van der Waals surface area contributed by atoms with Crippen molar-refractivity contribution in [2.75, 3.05) is 20.6 Å². The van der Waals surface area contributed by atoms with Crippen molar-refractivity contribution in [2.45, 2.75) is 25.2 Å². The standard InChI is InChI=1S/C11H17N3O/c1-14(2)6-5-10-12-9(8-3-4-8)7-11(15)13-10/h7-8H,3-6H2,1-2H3,(H,12,13,15). The minimum Gasteiger partial charge on any atom is -0.311 e. The molecule has 1 saturated carbocycles. The van der Waals surface area contributed by atoms with Gasteiger partial charge in [-0.15, -0.1) is 0 Å². The summed E-state index contributed by atoms with van der Waals surface area (Å²) < 4.78 is 0. The Morgan fingerprint density at radius 2 is 2.27 bits per heavy atom. The molecule has 0 amide bonds. The van der Waals surface area contributed by atoms with Gasteiger partial charge < -0.3 is 9.88 Å². The summed E-state index contributed by atoms with van der Waals surface area (Å²) in [5, 5.41) is 0. The van der Waals surface area contributed by atoms with Gasteiger partial charge in [-0.25, -0.2) is 4.98 Å². The Kier molecular flexibility index (Phi) is 2.86. The van der Waals surface area contributed by atoms with Gasteiger partial charge in [0.25, 0.3) is 5.56 Å². The van der Waals surface area contributed by atoms with E-state index < -0.39 is 0 Å². The monoisotopic (exact) mass is 207 g/mol. The lowest BCUT2D eigenvalue weighted by Crippen LogP contribution is -2.19. The molecular formula is C11H17N3O. The summed E-state index contributed by atoms with van der Waals surface area (Å²) in [6, 6.07) is 1.64. The molecule has 1 N–H and O–H groups in total. The fourth-order valence-corrected chi connectivity index (χ4v) is 1.56. The van der Waals surface area contributed by atoms with Crippen LogP contribution in [-0.4, -0.2) is 35.5 Å². The Balaban J connectivity index is 2.12. The number of rotatable bonds is 4. The highest BCUT2D eigenvalue weighted by Crippen LogP contribution is 2.38. The first-order valence-corrected chi connectivity index (χ1v) is 5.40. The number of likely N-dealkylation sites (N-methyl/N-ethyl adjacent to an activating group) is 1. The number of H-pyrrole nitrogens is 1. The molecule has 0 radical (unpaired) electrons. The fraction of sp³-hybridized carbons (Fsp3) is 0.636. The van der Waals surface area contributed by atoms with E-state index in [4.69, 9.17) is 0 Å². The lowest BCUT2D eigenvalue weighted by Gasteiger charge is -2.08. The summed E-state index contributed by atoms with van der Waals surface area (Å²) in [7, 11) is 4.03. The zero-order valence-electron chi connectivity index (χ0n) is 9.29. The van der Waals surface area contributed by atoms with Gasteiger partial charge in [0.2, 0.25) is 0 Å². The maximum Gasteiger partial charge on any atom is 0.251 e. The summed E-state index contributed by atoms with van der Waals surface area (Å²) in [4.78, 5) is 20.7. The first kappa shape index (κ1) is 10.4. The molecule has 0 aliphatic heterocycles. The van der Waals surface area contributed by atoms with Crippen LogP contribution in [0.5, 0.6) is 0 Å². The van der Waals surface area contributed by atoms with Crippen molar-refractivity contribution < 1.29 is 0 Å². The first-order valence-electron chi connectivity index (χ1n) is 5.40. The maximum atomic E-state index is 11.4. The van der Waals surface area contributed by atoms with Crippen molar-refractivity contribution in [1.82, 2.24) is 14.9 Å². The van der Waals surface area contributed by atoms with E-state index in [1.54, 1.807) is 6.07 Å². The van der Waals surface area contributed by atoms with Crippen molar-refractivity contribution >= 4 is 0 Å². The van der Waals surface area contributed by atoms with Crippen molar-refractivity contribution in [1.29, 1.82) is 0 Å². The Labute approximate surface area is 89.3 Å². The van der Waals surface area contributed by atoms with Gasteiger partial charge in [0, 0.05) is 24.9 Å². The third-order valence-corrected chi connectivity index (χ3v) is 2.60. The third-order valence-electron chi connectivity index (χ3n) is 2.60. The van der Waals surface area contributed by atoms with Crippen LogP contribution in [0, 0.1) is 0 Å². The van der Waals surface area contributed by atoms with E-state index >= 15 is 0 Å². The minimum atomic E-state index is -0.0133. The highest BCUT2D eigenvalue weighted by molar-refractivity contribution is 5.14. The third kappa shape index (κ3) is 2.89. The van der Waals surface area contributed by atoms with Gasteiger partial charge in [-0.2, -0.15) is 0 Å². The predicted molar refractivity (Wildman–Crippen MR) is 59.1 cm³/mol. The van der Waals surface area contributed by atoms with Crippen molar-refractivity contribution in [3.05, 3.63) is 27.9 Å². The molecule has 0 spiro atoms. The van der Waals surface area contributed by atoms with Crippen molar-refractivity contribution in [3.63, 3.8) is 0 Å². The van der Waals surface area contributed by atoms with E-state index in [0.717, 1.165) is 24.5 Å². The van der Waals surface area contributed by atoms with Gasteiger partial charge in [-0.1, -0.05) is 0 Å². The van der Waals surface area contributed by atoms with Crippen LogP contribution >= 0.6 is 0 Å². The highest BCUT2D eigenvalue weighted by Gasteiger charge is 2.25. The molecule has 0 atom stereocenters. The summed E-state index contributed by atoms with van der Waals surface area (Å²) >= 11 is 0. The Bertz CT molecular complexity index is 393. The van der Waals surface area contributed by atoms with E-state index in [9.17, 15) is 4.79 Å². The van der Waals surface area contributed by atoms with Crippen LogP contribution in [0.25, 0.3) is 0 Å². The Morgan fingerprint density at radius 1 is 1.53 bits per heavy atom. The fourth-order valence-electron chi connectivity index (χ4n) is 1.56. The van der Waals surface area contributed by atoms with Crippen LogP contribution in [0.4, 0.5) is 0 Å². The van der Waals surface area contributed by atoms with Crippen LogP contribution in [-0.2, 0) is 6.42 Å². The normalized spacial score (nSPS) is 15.9. The van der Waals surface area contributed by atoms with Gasteiger partial charge in [0.15, 0.2) is 0 Å². The van der Waals surface area contributed by atoms with E-state index in [0.29, 0.717) is 5.92 Å². The Hall–Kier alpha value is -1.16. The first-order chi connectivity index (χ1) is 7.15. The molecule has 4 nitrogen and oxygen atoms in total. The van der Waals surface area contributed by atoms with E-state index in [1.807, 2.05) is 14.1 Å². The topological polar surface area (TPSA) is 49.0 Å². The van der Waals surface area contributed by atoms with Crippen LogP contribution in [0.15, 0.2) is 10.9 Å². The summed E-state index contributed by atoms with van der Waals surface area (Å²) in [5.41, 5.74) is 0.966. The van der Waals surface area contributed by atoms with Crippen molar-refractivity contribution in [2.24, 2.45) is 0 Å². The number of nitrogens with one attached hydrogen (secondary N) is 1. The molecule has 2 rings (SSSR count). The molecular weight excluding hydrogens is 190 g/mol. The van der Waals surface area contributed by atoms with Crippen LogP contribution < -0.4 is 5.56 Å². The number of hydrogen-bond donors (Lipinski definition) is 1. The van der Waals surface area contributed by atoms with Gasteiger partial charge >= 0.3 is 0 Å². The zero-order valence-corrected chi connectivity index (χ0v) is 9.29. The SMILES string of the molecule is CN(C)CCc1nc(C2CC2)cc(=O)[nH]1. The number of aromatic nitrogens is 2. The summed E-state index contributed by atoms with van der Waals surface area (Å²) in [5.74, 6) is 1.36. The van der Waals surface area contributed by atoms with Gasteiger partial charge in [-0.3, -0.25) is 4.79 Å². The molecule has 15 heavy (non-hydrogen) atoms. The molecule has 4 heteroatoms. The molecule has 1 fully saturated rings. The largest absolute Gasteiger partial charge is 0.311 e. The molecule has 0 unspecified atom stereocenters. The molecule has 0 bridgehead atoms. The minimum absolute atomic E-state index is 0.0133. The molecule has 1 aromatic heterocycles. The average molecular weight is 207 g/mol. The second-order valence-electron chi connectivity index (χ2n) is 4.44. The summed E-state index contributed by atoms with van der Waals surface area (Å²) in [6.07, 6.45) is 3.18. The van der Waals surface area contributed by atoms with Crippen LogP contribution in [0.3, 0.4) is 0 Å². The number of aromatic amines is 1. The lowest BCUT2D eigenvalue weighted by atomic mass is 10.2. The Morgan fingerprint density at radius 3 is 2.87 bits per heavy atom. The smallest absolute Gasteiger partial charge is 0.251 e. The maximum absolute atomic E-state index is 11.4. The molecule has 82 valence electrons. The molecule has 0 saturated heterocycles. The quantitative estimate of drug-likeness (QED) is 0.792. The van der Waals surface area contributed by atoms with E-state index in [2.05, 4.69) is 14.9 Å². The second kappa shape index (κ2) is 4.14. The molecule has 1 aliphatic rings. The molecule has 0 aromatic carbocycles. The molecule has 1 aliphatic carbocycles. The van der Waals surface area contributed by atoms with Crippen molar-refractivity contribution in [3.8, 4) is 0 Å². The van der Waals surface area contributed by atoms with Gasteiger partial charge in [-0.05, 0) is 26.9 Å². The highest BCUT2D eigenvalue weighted by atomic mass is 16.1. The van der Waals surface area contributed by atoms with Crippen LogP contribution in [0.1, 0.15) is 30.3 Å².